The molecule has 1 aromatic carbocycles. The van der Waals surface area contributed by atoms with Gasteiger partial charge in [0.15, 0.2) is 0 Å². The molecule has 1 N–H and O–H groups in total. The molecule has 68 valence electrons. The molecule has 0 aliphatic rings. The fourth-order valence-electron chi connectivity index (χ4n) is 0.910. The highest BCUT2D eigenvalue weighted by molar-refractivity contribution is 7.99. The Balaban J connectivity index is 2.52. The van der Waals surface area contributed by atoms with Gasteiger partial charge in [0.05, 0.1) is 11.6 Å². The van der Waals surface area contributed by atoms with Crippen molar-refractivity contribution < 1.29 is 5.11 Å². The molecule has 0 amide bonds. The Morgan fingerprint density at radius 3 is 3.00 bits per heavy atom. The minimum absolute atomic E-state index is 0.227. The summed E-state index contributed by atoms with van der Waals surface area (Å²) >= 11 is 1.66. The summed E-state index contributed by atoms with van der Waals surface area (Å²) in [6.07, 6.45) is 0.793. The molecule has 0 unspecified atom stereocenters. The summed E-state index contributed by atoms with van der Waals surface area (Å²) in [7, 11) is 0. The van der Waals surface area contributed by atoms with Crippen molar-refractivity contribution in [3.8, 4) is 6.07 Å². The van der Waals surface area contributed by atoms with Crippen LogP contribution in [0.2, 0.25) is 0 Å². The van der Waals surface area contributed by atoms with E-state index in [-0.39, 0.29) is 6.61 Å². The molecule has 0 aliphatic heterocycles. The zero-order valence-electron chi connectivity index (χ0n) is 7.23. The third-order valence-corrected chi connectivity index (χ3v) is 2.61. The number of benzene rings is 1. The fraction of sp³-hybridized carbons (Fsp3) is 0.300. The first-order valence-corrected chi connectivity index (χ1v) is 5.09. The highest BCUT2D eigenvalue weighted by Gasteiger charge is 1.95. The molecule has 13 heavy (non-hydrogen) atoms. The number of aliphatic hydroxyl groups excluding tert-OH is 1. The summed E-state index contributed by atoms with van der Waals surface area (Å²) in [4.78, 5) is 1.09. The number of nitrogens with zero attached hydrogens (tertiary/aromatic N) is 1. The molecule has 0 spiro atoms. The third kappa shape index (κ3) is 3.49. The molecule has 0 saturated heterocycles. The van der Waals surface area contributed by atoms with Gasteiger partial charge in [0.1, 0.15) is 0 Å². The number of thioether (sulfide) groups is 1. The van der Waals surface area contributed by atoms with Crippen LogP contribution in [0.3, 0.4) is 0 Å². The minimum Gasteiger partial charge on any atom is -0.396 e. The molecule has 3 heteroatoms. The highest BCUT2D eigenvalue weighted by atomic mass is 32.2. The minimum atomic E-state index is 0.227. The zero-order chi connectivity index (χ0) is 9.52. The van der Waals surface area contributed by atoms with Crippen molar-refractivity contribution >= 4 is 11.8 Å². The Kier molecular flexibility index (Phi) is 4.37. The predicted molar refractivity (Wildman–Crippen MR) is 53.6 cm³/mol. The summed E-state index contributed by atoms with van der Waals surface area (Å²) in [5.41, 5.74) is 0.689. The lowest BCUT2D eigenvalue weighted by Crippen LogP contribution is -1.85. The van der Waals surface area contributed by atoms with Gasteiger partial charge in [-0.25, -0.2) is 0 Å². The van der Waals surface area contributed by atoms with E-state index in [9.17, 15) is 0 Å². The van der Waals surface area contributed by atoms with Crippen LogP contribution in [0.4, 0.5) is 0 Å². The summed E-state index contributed by atoms with van der Waals surface area (Å²) < 4.78 is 0. The summed E-state index contributed by atoms with van der Waals surface area (Å²) in [6.45, 7) is 0.227. The average Bonchev–Trinajstić information content (AvgIpc) is 2.19. The van der Waals surface area contributed by atoms with Gasteiger partial charge < -0.3 is 5.11 Å². The molecule has 1 aromatic rings. The maximum absolute atomic E-state index is 8.63. The second-order valence-corrected chi connectivity index (χ2v) is 3.73. The van der Waals surface area contributed by atoms with E-state index in [1.165, 1.54) is 0 Å². The van der Waals surface area contributed by atoms with Gasteiger partial charge in [-0.15, -0.1) is 11.8 Å². The van der Waals surface area contributed by atoms with E-state index in [2.05, 4.69) is 6.07 Å². The van der Waals surface area contributed by atoms with Crippen molar-refractivity contribution in [2.24, 2.45) is 0 Å². The van der Waals surface area contributed by atoms with Crippen molar-refractivity contribution in [3.05, 3.63) is 29.8 Å². The van der Waals surface area contributed by atoms with Gasteiger partial charge in [-0.2, -0.15) is 5.26 Å². The van der Waals surface area contributed by atoms with E-state index >= 15 is 0 Å². The molecule has 0 saturated carbocycles. The maximum atomic E-state index is 8.63. The van der Waals surface area contributed by atoms with Crippen molar-refractivity contribution in [2.45, 2.75) is 11.3 Å². The third-order valence-electron chi connectivity index (χ3n) is 1.53. The van der Waals surface area contributed by atoms with Gasteiger partial charge in [-0.1, -0.05) is 6.07 Å². The normalized spacial score (nSPS) is 9.54. The molecule has 0 aliphatic carbocycles. The van der Waals surface area contributed by atoms with E-state index in [1.54, 1.807) is 17.8 Å². The zero-order valence-corrected chi connectivity index (χ0v) is 8.05. The Morgan fingerprint density at radius 2 is 2.31 bits per heavy atom. The van der Waals surface area contributed by atoms with E-state index in [4.69, 9.17) is 10.4 Å². The SMILES string of the molecule is N#Cc1cccc(SCCCO)c1. The summed E-state index contributed by atoms with van der Waals surface area (Å²) in [5.74, 6) is 0.894. The van der Waals surface area contributed by atoms with Crippen LogP contribution < -0.4 is 0 Å². The van der Waals surface area contributed by atoms with Crippen LogP contribution in [0.25, 0.3) is 0 Å². The van der Waals surface area contributed by atoms with Crippen molar-refractivity contribution in [2.75, 3.05) is 12.4 Å². The molecular formula is C10H11NOS. The largest absolute Gasteiger partial charge is 0.396 e. The molecule has 0 atom stereocenters. The van der Waals surface area contributed by atoms with Crippen LogP contribution in [-0.2, 0) is 0 Å². The second-order valence-electron chi connectivity index (χ2n) is 2.57. The lowest BCUT2D eigenvalue weighted by molar-refractivity contribution is 0.296. The topological polar surface area (TPSA) is 44.0 Å². The van der Waals surface area contributed by atoms with Gasteiger partial charge in [0.2, 0.25) is 0 Å². The monoisotopic (exact) mass is 193 g/mol. The number of hydrogen-bond donors (Lipinski definition) is 1. The molecule has 1 rings (SSSR count). The van der Waals surface area contributed by atoms with Crippen LogP contribution in [0.15, 0.2) is 29.2 Å². The molecule has 2 nitrogen and oxygen atoms in total. The summed E-state index contributed by atoms with van der Waals surface area (Å²) in [6, 6.07) is 9.60. The highest BCUT2D eigenvalue weighted by Crippen LogP contribution is 2.19. The van der Waals surface area contributed by atoms with Crippen molar-refractivity contribution in [3.63, 3.8) is 0 Å². The van der Waals surface area contributed by atoms with Gasteiger partial charge >= 0.3 is 0 Å². The van der Waals surface area contributed by atoms with Crippen LogP contribution >= 0.6 is 11.8 Å². The predicted octanol–water partition coefficient (Wildman–Crippen LogP) is 2.03. The number of hydrogen-bond acceptors (Lipinski definition) is 3. The van der Waals surface area contributed by atoms with Gasteiger partial charge in [-0.3, -0.25) is 0 Å². The van der Waals surface area contributed by atoms with Gasteiger partial charge in [-0.05, 0) is 24.6 Å². The standard InChI is InChI=1S/C10H11NOS/c11-8-9-3-1-4-10(7-9)13-6-2-5-12/h1,3-4,7,12H,2,5-6H2. The quantitative estimate of drug-likeness (QED) is 0.587. The molecule has 0 aromatic heterocycles. The fourth-order valence-corrected chi connectivity index (χ4v) is 1.80. The second kappa shape index (κ2) is 5.63. The van der Waals surface area contributed by atoms with Gasteiger partial charge in [0, 0.05) is 17.3 Å². The van der Waals surface area contributed by atoms with E-state index in [1.807, 2.05) is 18.2 Å². The number of nitriles is 1. The van der Waals surface area contributed by atoms with Crippen molar-refractivity contribution in [1.29, 1.82) is 5.26 Å². The van der Waals surface area contributed by atoms with Crippen LogP contribution in [0.1, 0.15) is 12.0 Å². The number of aliphatic hydroxyl groups is 1. The Bertz CT molecular complexity index is 306. The Hall–Kier alpha value is -0.980. The molecule has 0 heterocycles. The average molecular weight is 193 g/mol. The Labute approximate surface area is 82.2 Å². The van der Waals surface area contributed by atoms with E-state index in [0.29, 0.717) is 5.56 Å². The van der Waals surface area contributed by atoms with E-state index in [0.717, 1.165) is 17.1 Å². The molecule has 0 bridgehead atoms. The first kappa shape index (κ1) is 10.1. The van der Waals surface area contributed by atoms with Crippen LogP contribution in [0, 0.1) is 11.3 Å². The molecule has 0 radical (unpaired) electrons. The van der Waals surface area contributed by atoms with Crippen LogP contribution in [0.5, 0.6) is 0 Å². The van der Waals surface area contributed by atoms with Crippen LogP contribution in [-0.4, -0.2) is 17.5 Å². The first-order valence-electron chi connectivity index (χ1n) is 4.10. The number of rotatable bonds is 4. The lowest BCUT2D eigenvalue weighted by Gasteiger charge is -1.99. The van der Waals surface area contributed by atoms with Gasteiger partial charge in [0.25, 0.3) is 0 Å². The summed E-state index contributed by atoms with van der Waals surface area (Å²) in [5, 5.41) is 17.2. The smallest absolute Gasteiger partial charge is 0.0992 e. The lowest BCUT2D eigenvalue weighted by atomic mass is 10.2. The first-order chi connectivity index (χ1) is 6.36. The molecular weight excluding hydrogens is 182 g/mol. The van der Waals surface area contributed by atoms with E-state index < -0.39 is 0 Å². The van der Waals surface area contributed by atoms with Crippen molar-refractivity contribution in [1.82, 2.24) is 0 Å². The molecule has 0 fully saturated rings. The Morgan fingerprint density at radius 1 is 1.46 bits per heavy atom. The maximum Gasteiger partial charge on any atom is 0.0992 e.